The molecular weight excluding hydrogens is 550 g/mol. The van der Waals surface area contributed by atoms with Crippen molar-refractivity contribution in [3.63, 3.8) is 0 Å². The van der Waals surface area contributed by atoms with E-state index in [2.05, 4.69) is 4.99 Å². The molecule has 210 valence electrons. The van der Waals surface area contributed by atoms with Gasteiger partial charge in [0.15, 0.2) is 4.80 Å². The second kappa shape index (κ2) is 13.1. The van der Waals surface area contributed by atoms with Gasteiger partial charge in [0.25, 0.3) is 5.91 Å². The third-order valence-corrected chi connectivity index (χ3v) is 9.23. The van der Waals surface area contributed by atoms with Crippen LogP contribution in [0.1, 0.15) is 40.1 Å². The molecule has 0 fully saturated rings. The Morgan fingerprint density at radius 3 is 2.33 bits per heavy atom. The molecule has 4 aromatic rings. The second-order valence-electron chi connectivity index (χ2n) is 8.77. The number of hydrogen-bond donors (Lipinski definition) is 0. The van der Waals surface area contributed by atoms with Crippen LogP contribution in [0.2, 0.25) is 0 Å². The molecule has 0 saturated carbocycles. The number of rotatable bonds is 11. The summed E-state index contributed by atoms with van der Waals surface area (Å²) in [7, 11) is -2.44. The third kappa shape index (κ3) is 6.56. The third-order valence-electron chi connectivity index (χ3n) is 6.26. The number of sulfonamides is 1. The van der Waals surface area contributed by atoms with Crippen molar-refractivity contribution in [3.05, 3.63) is 94.3 Å². The zero-order valence-electron chi connectivity index (χ0n) is 22.6. The molecule has 0 saturated heterocycles. The Morgan fingerprint density at radius 1 is 0.975 bits per heavy atom. The number of amides is 1. The summed E-state index contributed by atoms with van der Waals surface area (Å²) in [4.78, 5) is 30.0. The number of fused-ring (bicyclic) bond motifs is 1. The predicted octanol–water partition coefficient (Wildman–Crippen LogP) is 4.48. The highest BCUT2D eigenvalue weighted by molar-refractivity contribution is 7.89. The van der Waals surface area contributed by atoms with Crippen molar-refractivity contribution < 1.29 is 27.5 Å². The topological polar surface area (TPSA) is 107 Å². The van der Waals surface area contributed by atoms with Crippen molar-refractivity contribution in [3.8, 4) is 0 Å². The van der Waals surface area contributed by atoms with Crippen molar-refractivity contribution >= 4 is 43.5 Å². The first-order valence-corrected chi connectivity index (χ1v) is 15.1. The summed E-state index contributed by atoms with van der Waals surface area (Å²) in [5.41, 5.74) is 2.35. The van der Waals surface area contributed by atoms with Crippen molar-refractivity contribution in [2.45, 2.75) is 31.8 Å². The summed E-state index contributed by atoms with van der Waals surface area (Å²) in [6, 6.07) is 20.4. The Balaban J connectivity index is 1.63. The van der Waals surface area contributed by atoms with Crippen LogP contribution in [0.4, 0.5) is 0 Å². The lowest BCUT2D eigenvalue weighted by atomic mass is 10.2. The minimum atomic E-state index is -3.76. The number of aromatic nitrogens is 1. The number of thiazole rings is 1. The summed E-state index contributed by atoms with van der Waals surface area (Å²) < 4.78 is 40.9. The Bertz CT molecular complexity index is 1660. The van der Waals surface area contributed by atoms with E-state index in [1.807, 2.05) is 41.8 Å². The number of nitrogens with zero attached hydrogens (tertiary/aromatic N) is 3. The lowest BCUT2D eigenvalue weighted by Crippen LogP contribution is -2.30. The highest BCUT2D eigenvalue weighted by atomic mass is 32.2. The van der Waals surface area contributed by atoms with Gasteiger partial charge in [-0.05, 0) is 55.0 Å². The van der Waals surface area contributed by atoms with E-state index in [-0.39, 0.29) is 17.0 Å². The summed E-state index contributed by atoms with van der Waals surface area (Å²) in [6.07, 6.45) is 0. The normalized spacial score (nSPS) is 12.2. The van der Waals surface area contributed by atoms with Crippen LogP contribution in [-0.2, 0) is 32.6 Å². The first-order valence-electron chi connectivity index (χ1n) is 12.8. The smallest absolute Gasteiger partial charge is 0.337 e. The molecule has 3 aromatic carbocycles. The van der Waals surface area contributed by atoms with E-state index in [1.165, 1.54) is 47.0 Å². The Kier molecular flexibility index (Phi) is 9.64. The number of methoxy groups -OCH3 is 1. The van der Waals surface area contributed by atoms with Crippen molar-refractivity contribution in [2.24, 2.45) is 4.99 Å². The van der Waals surface area contributed by atoms with Gasteiger partial charge in [-0.2, -0.15) is 9.30 Å². The molecule has 0 unspecified atom stereocenters. The van der Waals surface area contributed by atoms with Crippen molar-refractivity contribution in [2.75, 3.05) is 26.9 Å². The lowest BCUT2D eigenvalue weighted by molar-refractivity contribution is 0.0600. The standard InChI is InChI=1S/C29H31N3O6S2/c1-4-31(20-21-9-7-6-8-10-21)40(35,36)24-14-11-22(12-15-24)27(33)30-29-32(17-18-38-5-2)25-16-13-23(28(34)37-3)19-26(25)39-29/h6-16,19H,4-5,17-18,20H2,1-3H3. The van der Waals surface area contributed by atoms with E-state index in [0.29, 0.717) is 36.7 Å². The molecule has 0 radical (unpaired) electrons. The molecule has 0 spiro atoms. The van der Waals surface area contributed by atoms with Gasteiger partial charge in [0, 0.05) is 31.8 Å². The van der Waals surface area contributed by atoms with Gasteiger partial charge < -0.3 is 14.0 Å². The van der Waals surface area contributed by atoms with Crippen LogP contribution < -0.4 is 4.80 Å². The monoisotopic (exact) mass is 581 g/mol. The van der Waals surface area contributed by atoms with Crippen LogP contribution in [0.5, 0.6) is 0 Å². The van der Waals surface area contributed by atoms with E-state index >= 15 is 0 Å². The van der Waals surface area contributed by atoms with Crippen LogP contribution in [0.3, 0.4) is 0 Å². The maximum Gasteiger partial charge on any atom is 0.337 e. The van der Waals surface area contributed by atoms with Gasteiger partial charge in [-0.3, -0.25) is 4.79 Å². The first kappa shape index (κ1) is 29.3. The zero-order valence-corrected chi connectivity index (χ0v) is 24.2. The highest BCUT2D eigenvalue weighted by Gasteiger charge is 2.23. The van der Waals surface area contributed by atoms with E-state index in [0.717, 1.165) is 15.8 Å². The zero-order chi connectivity index (χ0) is 28.7. The summed E-state index contributed by atoms with van der Waals surface area (Å²) >= 11 is 1.27. The second-order valence-corrected chi connectivity index (χ2v) is 11.7. The summed E-state index contributed by atoms with van der Waals surface area (Å²) in [6.45, 7) is 5.68. The highest BCUT2D eigenvalue weighted by Crippen LogP contribution is 2.21. The molecule has 0 N–H and O–H groups in total. The molecule has 1 aromatic heterocycles. The molecule has 9 nitrogen and oxygen atoms in total. The SMILES string of the molecule is CCOCCn1c(=NC(=O)c2ccc(S(=O)(=O)N(CC)Cc3ccccc3)cc2)sc2cc(C(=O)OC)ccc21. The van der Waals surface area contributed by atoms with E-state index in [1.54, 1.807) is 25.1 Å². The van der Waals surface area contributed by atoms with E-state index < -0.39 is 21.9 Å². The molecule has 0 aliphatic heterocycles. The average molecular weight is 582 g/mol. The molecule has 0 aliphatic rings. The van der Waals surface area contributed by atoms with Crippen LogP contribution in [0.25, 0.3) is 10.2 Å². The molecule has 1 heterocycles. The van der Waals surface area contributed by atoms with Crippen LogP contribution in [-0.4, -0.2) is 56.0 Å². The Morgan fingerprint density at radius 2 is 1.68 bits per heavy atom. The van der Waals surface area contributed by atoms with Crippen molar-refractivity contribution in [1.82, 2.24) is 8.87 Å². The fourth-order valence-electron chi connectivity index (χ4n) is 4.14. The number of hydrogen-bond acceptors (Lipinski definition) is 7. The minimum Gasteiger partial charge on any atom is -0.465 e. The van der Waals surface area contributed by atoms with Gasteiger partial charge in [-0.25, -0.2) is 13.2 Å². The molecule has 4 rings (SSSR count). The fraction of sp³-hybridized carbons (Fsp3) is 0.276. The van der Waals surface area contributed by atoms with Gasteiger partial charge in [0.2, 0.25) is 10.0 Å². The molecule has 0 bridgehead atoms. The van der Waals surface area contributed by atoms with E-state index in [4.69, 9.17) is 9.47 Å². The molecule has 0 aliphatic carbocycles. The van der Waals surface area contributed by atoms with Gasteiger partial charge in [0.05, 0.1) is 34.4 Å². The Labute approximate surface area is 237 Å². The number of carbonyl (C=O) groups excluding carboxylic acids is 2. The summed E-state index contributed by atoms with van der Waals surface area (Å²) in [5.74, 6) is -0.961. The maximum absolute atomic E-state index is 13.3. The first-order chi connectivity index (χ1) is 19.3. The number of benzene rings is 3. The molecule has 40 heavy (non-hydrogen) atoms. The molecular formula is C29H31N3O6S2. The van der Waals surface area contributed by atoms with Gasteiger partial charge >= 0.3 is 5.97 Å². The maximum atomic E-state index is 13.3. The lowest BCUT2D eigenvalue weighted by Gasteiger charge is -2.20. The van der Waals surface area contributed by atoms with Crippen LogP contribution in [0, 0.1) is 0 Å². The van der Waals surface area contributed by atoms with Gasteiger partial charge in [-0.15, -0.1) is 0 Å². The number of carbonyl (C=O) groups is 2. The van der Waals surface area contributed by atoms with Crippen LogP contribution >= 0.6 is 11.3 Å². The van der Waals surface area contributed by atoms with E-state index in [9.17, 15) is 18.0 Å². The van der Waals surface area contributed by atoms with Gasteiger partial charge in [0.1, 0.15) is 0 Å². The average Bonchev–Trinajstić information content (AvgIpc) is 3.31. The number of ether oxygens (including phenoxy) is 2. The number of esters is 1. The van der Waals surface area contributed by atoms with Gasteiger partial charge in [-0.1, -0.05) is 48.6 Å². The van der Waals surface area contributed by atoms with Crippen molar-refractivity contribution in [1.29, 1.82) is 0 Å². The molecule has 1 amide bonds. The minimum absolute atomic E-state index is 0.103. The Hall–Kier alpha value is -3.64. The molecule has 0 atom stereocenters. The van der Waals surface area contributed by atoms with Crippen LogP contribution in [0.15, 0.2) is 82.7 Å². The largest absolute Gasteiger partial charge is 0.465 e. The quantitative estimate of drug-likeness (QED) is 0.191. The predicted molar refractivity (Wildman–Crippen MR) is 154 cm³/mol. The molecule has 11 heteroatoms. The fourth-order valence-corrected chi connectivity index (χ4v) is 6.67. The summed E-state index contributed by atoms with van der Waals surface area (Å²) in [5, 5.41) is 0.